The third-order valence-electron chi connectivity index (χ3n) is 4.92. The van der Waals surface area contributed by atoms with Crippen molar-refractivity contribution in [2.75, 3.05) is 74.2 Å². The van der Waals surface area contributed by atoms with Crippen molar-refractivity contribution in [3.05, 3.63) is 59.7 Å². The Balaban J connectivity index is 1.43. The predicted octanol–water partition coefficient (Wildman–Crippen LogP) is 6.12. The van der Waals surface area contributed by atoms with Crippen LogP contribution in [0.5, 0.6) is 11.5 Å². The van der Waals surface area contributed by atoms with E-state index in [1.54, 1.807) is 0 Å². The van der Waals surface area contributed by atoms with E-state index in [2.05, 4.69) is 36.4 Å². The van der Waals surface area contributed by atoms with Gasteiger partial charge >= 0.3 is 0 Å². The van der Waals surface area contributed by atoms with Crippen molar-refractivity contribution >= 4 is 47.0 Å². The Morgan fingerprint density at radius 1 is 0.441 bits per heavy atom. The number of rotatable bonds is 0. The van der Waals surface area contributed by atoms with Crippen LogP contribution in [0.2, 0.25) is 0 Å². The molecule has 0 saturated heterocycles. The highest BCUT2D eigenvalue weighted by Crippen LogP contribution is 2.24. The van der Waals surface area contributed by atoms with Gasteiger partial charge in [-0.25, -0.2) is 0 Å². The van der Waals surface area contributed by atoms with Crippen molar-refractivity contribution < 1.29 is 18.9 Å². The van der Waals surface area contributed by atoms with Gasteiger partial charge in [0.1, 0.15) is 11.5 Å². The summed E-state index contributed by atoms with van der Waals surface area (Å²) in [6.45, 7) is 4.61. The standard InChI is InChI=1S/C26H36O4S4/c1-3-7-25-23(5-1)21-33-17-11-28-12-18-34-22-24-6-2-4-8-26(24)30-14-20-32-16-10-27-9-15-31-19-13-29-25/h1-8H,9-22H2. The molecule has 0 amide bonds. The largest absolute Gasteiger partial charge is 0.492 e. The highest BCUT2D eigenvalue weighted by molar-refractivity contribution is 7.99. The van der Waals surface area contributed by atoms with E-state index in [-0.39, 0.29) is 0 Å². The van der Waals surface area contributed by atoms with Gasteiger partial charge in [-0.3, -0.25) is 0 Å². The van der Waals surface area contributed by atoms with Crippen LogP contribution >= 0.6 is 47.0 Å². The minimum absolute atomic E-state index is 0.728. The summed E-state index contributed by atoms with van der Waals surface area (Å²) >= 11 is 7.56. The van der Waals surface area contributed by atoms with Gasteiger partial charge in [-0.1, -0.05) is 36.4 Å². The molecule has 188 valence electrons. The molecule has 0 bridgehead atoms. The second kappa shape index (κ2) is 18.6. The molecule has 4 nitrogen and oxygen atoms in total. The summed E-state index contributed by atoms with van der Waals surface area (Å²) in [5.41, 5.74) is 2.52. The molecule has 0 radical (unpaired) electrons. The molecule has 0 aliphatic carbocycles. The van der Waals surface area contributed by atoms with E-state index >= 15 is 0 Å². The quantitative estimate of drug-likeness (QED) is 0.395. The normalized spacial score (nSPS) is 19.1. The van der Waals surface area contributed by atoms with Crippen LogP contribution in [0, 0.1) is 0 Å². The summed E-state index contributed by atoms with van der Waals surface area (Å²) in [6.07, 6.45) is 0. The molecule has 0 aromatic heterocycles. The van der Waals surface area contributed by atoms with Gasteiger partial charge in [-0.2, -0.15) is 47.0 Å². The Morgan fingerprint density at radius 3 is 1.29 bits per heavy atom. The third kappa shape index (κ3) is 11.9. The van der Waals surface area contributed by atoms with Gasteiger partial charge < -0.3 is 18.9 Å². The van der Waals surface area contributed by atoms with Crippen LogP contribution in [0.4, 0.5) is 0 Å². The molecular formula is C26H36O4S4. The molecule has 34 heavy (non-hydrogen) atoms. The minimum atomic E-state index is 0.728. The summed E-state index contributed by atoms with van der Waals surface area (Å²) in [7, 11) is 0. The molecular weight excluding hydrogens is 505 g/mol. The van der Waals surface area contributed by atoms with Crippen LogP contribution in [0.15, 0.2) is 48.5 Å². The van der Waals surface area contributed by atoms with Crippen LogP contribution in [0.1, 0.15) is 11.1 Å². The second-order valence-electron chi connectivity index (χ2n) is 7.47. The first kappa shape index (κ1) is 27.9. The van der Waals surface area contributed by atoms with E-state index in [9.17, 15) is 0 Å². The lowest BCUT2D eigenvalue weighted by Crippen LogP contribution is -2.07. The number of ether oxygens (including phenoxy) is 4. The summed E-state index contributed by atoms with van der Waals surface area (Å²) in [5.74, 6) is 9.85. The zero-order valence-corrected chi connectivity index (χ0v) is 23.1. The molecule has 1 aliphatic heterocycles. The Kier molecular flexibility index (Phi) is 15.3. The first-order valence-electron chi connectivity index (χ1n) is 11.8. The van der Waals surface area contributed by atoms with Crippen molar-refractivity contribution in [1.82, 2.24) is 0 Å². The van der Waals surface area contributed by atoms with E-state index in [4.69, 9.17) is 18.9 Å². The van der Waals surface area contributed by atoms with Gasteiger partial charge in [0.25, 0.3) is 0 Å². The van der Waals surface area contributed by atoms with Crippen molar-refractivity contribution in [2.24, 2.45) is 0 Å². The molecule has 3 rings (SSSR count). The first-order chi connectivity index (χ1) is 16.9. The van der Waals surface area contributed by atoms with Crippen LogP contribution in [0.3, 0.4) is 0 Å². The van der Waals surface area contributed by atoms with Crippen LogP contribution in [-0.4, -0.2) is 74.2 Å². The fraction of sp³-hybridized carbons (Fsp3) is 0.538. The number of benzene rings is 2. The number of para-hydroxylation sites is 2. The Hall–Kier alpha value is -0.640. The van der Waals surface area contributed by atoms with Crippen molar-refractivity contribution in [3.8, 4) is 11.5 Å². The zero-order valence-electron chi connectivity index (χ0n) is 19.8. The summed E-state index contributed by atoms with van der Waals surface area (Å²) in [6, 6.07) is 16.7. The van der Waals surface area contributed by atoms with E-state index in [0.29, 0.717) is 0 Å². The Morgan fingerprint density at radius 2 is 0.824 bits per heavy atom. The molecule has 2 aromatic rings. The Labute approximate surface area is 222 Å². The van der Waals surface area contributed by atoms with E-state index in [1.807, 2.05) is 59.2 Å². The topological polar surface area (TPSA) is 36.9 Å². The first-order valence-corrected chi connectivity index (χ1v) is 16.4. The van der Waals surface area contributed by atoms with Crippen LogP contribution < -0.4 is 9.47 Å². The average Bonchev–Trinajstić information content (AvgIpc) is 2.86. The van der Waals surface area contributed by atoms with Crippen LogP contribution in [-0.2, 0) is 21.0 Å². The summed E-state index contributed by atoms with van der Waals surface area (Å²) in [5, 5.41) is 0. The number of fused-ring (bicyclic) bond motifs is 2. The third-order valence-corrected chi connectivity index (χ3v) is 8.68. The molecule has 0 N–H and O–H groups in total. The van der Waals surface area contributed by atoms with E-state index < -0.39 is 0 Å². The Bertz CT molecular complexity index is 729. The molecule has 1 heterocycles. The van der Waals surface area contributed by atoms with Gasteiger partial charge in [-0.05, 0) is 12.1 Å². The minimum Gasteiger partial charge on any atom is -0.492 e. The van der Waals surface area contributed by atoms with Crippen molar-refractivity contribution in [3.63, 3.8) is 0 Å². The lowest BCUT2D eigenvalue weighted by molar-refractivity contribution is 0.167. The maximum Gasteiger partial charge on any atom is 0.123 e. The lowest BCUT2D eigenvalue weighted by Gasteiger charge is -2.12. The average molecular weight is 541 g/mol. The molecule has 0 saturated carbocycles. The van der Waals surface area contributed by atoms with E-state index in [1.165, 1.54) is 11.1 Å². The lowest BCUT2D eigenvalue weighted by atomic mass is 10.2. The predicted molar refractivity (Wildman–Crippen MR) is 152 cm³/mol. The molecule has 0 spiro atoms. The maximum absolute atomic E-state index is 6.05. The maximum atomic E-state index is 6.05. The highest BCUT2D eigenvalue weighted by atomic mass is 32.2. The number of hydrogen-bond acceptors (Lipinski definition) is 8. The summed E-state index contributed by atoms with van der Waals surface area (Å²) in [4.78, 5) is 0. The van der Waals surface area contributed by atoms with Gasteiger partial charge in [0.05, 0.1) is 39.6 Å². The van der Waals surface area contributed by atoms with Gasteiger partial charge in [-0.15, -0.1) is 0 Å². The van der Waals surface area contributed by atoms with Crippen molar-refractivity contribution in [2.45, 2.75) is 11.5 Å². The summed E-state index contributed by atoms with van der Waals surface area (Å²) < 4.78 is 23.7. The molecule has 8 heteroatoms. The van der Waals surface area contributed by atoms with Gasteiger partial charge in [0.2, 0.25) is 0 Å². The number of hydrogen-bond donors (Lipinski definition) is 0. The molecule has 0 atom stereocenters. The van der Waals surface area contributed by atoms with Crippen molar-refractivity contribution in [1.29, 1.82) is 0 Å². The molecule has 0 fully saturated rings. The SMILES string of the molecule is c1ccc2c(c1)CSCCOCCSCc1ccccc1OCCSCCOCCSCCO2. The molecule has 2 aromatic carbocycles. The monoisotopic (exact) mass is 540 g/mol. The smallest absolute Gasteiger partial charge is 0.123 e. The van der Waals surface area contributed by atoms with E-state index in [0.717, 1.165) is 97.2 Å². The molecule has 0 unspecified atom stereocenters. The molecule has 1 aliphatic rings. The van der Waals surface area contributed by atoms with Crippen LogP contribution in [0.25, 0.3) is 0 Å². The fourth-order valence-corrected chi connectivity index (χ4v) is 6.15. The fourth-order valence-electron chi connectivity index (χ4n) is 3.19. The zero-order chi connectivity index (χ0) is 23.5. The number of thioether (sulfide) groups is 4. The second-order valence-corrected chi connectivity index (χ2v) is 12.1. The van der Waals surface area contributed by atoms with Gasteiger partial charge in [0.15, 0.2) is 0 Å². The van der Waals surface area contributed by atoms with Gasteiger partial charge in [0, 0.05) is 57.1 Å². The highest BCUT2D eigenvalue weighted by Gasteiger charge is 2.05.